The van der Waals surface area contributed by atoms with Gasteiger partial charge in [-0.15, -0.1) is 5.10 Å². The third-order valence-corrected chi connectivity index (χ3v) is 5.65. The fraction of sp³-hybridized carbons (Fsp3) is 0.250. The Bertz CT molecular complexity index is 1210. The van der Waals surface area contributed by atoms with Gasteiger partial charge in [-0.3, -0.25) is 14.5 Å². The largest absolute Gasteiger partial charge is 0.497 e. The summed E-state index contributed by atoms with van der Waals surface area (Å²) in [5, 5.41) is 14.3. The Labute approximate surface area is 182 Å². The van der Waals surface area contributed by atoms with Crippen LogP contribution >= 0.6 is 11.8 Å². The SMILES string of the molecule is COc1ccc(-c2nc(SCC(=O)c3cc(C)n(-c4ncn[nH]4)c3C)n[nH]2)c(OC)c1. The lowest BCUT2D eigenvalue weighted by atomic mass is 10.2. The molecule has 0 radical (unpaired) electrons. The maximum Gasteiger partial charge on any atom is 0.229 e. The first-order chi connectivity index (χ1) is 15.0. The molecule has 0 aliphatic carbocycles. The van der Waals surface area contributed by atoms with Gasteiger partial charge in [0, 0.05) is 23.0 Å². The third kappa shape index (κ3) is 4.04. The van der Waals surface area contributed by atoms with Crippen LogP contribution in [0.1, 0.15) is 21.7 Å². The molecule has 11 heteroatoms. The number of carbonyl (C=O) groups is 1. The van der Waals surface area contributed by atoms with Gasteiger partial charge in [0.1, 0.15) is 17.8 Å². The van der Waals surface area contributed by atoms with E-state index in [1.54, 1.807) is 20.3 Å². The van der Waals surface area contributed by atoms with Crippen molar-refractivity contribution in [2.45, 2.75) is 19.0 Å². The minimum atomic E-state index is -0.0164. The summed E-state index contributed by atoms with van der Waals surface area (Å²) < 4.78 is 12.5. The van der Waals surface area contributed by atoms with E-state index in [2.05, 4.69) is 30.4 Å². The Hall–Kier alpha value is -3.60. The molecule has 0 spiro atoms. The van der Waals surface area contributed by atoms with Gasteiger partial charge in [-0.05, 0) is 32.0 Å². The summed E-state index contributed by atoms with van der Waals surface area (Å²) in [6.45, 7) is 3.80. The first kappa shape index (κ1) is 20.7. The fourth-order valence-corrected chi connectivity index (χ4v) is 3.99. The maximum absolute atomic E-state index is 12.8. The van der Waals surface area contributed by atoms with Gasteiger partial charge >= 0.3 is 0 Å². The Kier molecular flexibility index (Phi) is 5.76. The summed E-state index contributed by atoms with van der Waals surface area (Å²) in [6, 6.07) is 7.29. The number of hydrogen-bond acceptors (Lipinski definition) is 8. The number of carbonyl (C=O) groups excluding carboxylic acids is 1. The van der Waals surface area contributed by atoms with Crippen molar-refractivity contribution in [3.63, 3.8) is 0 Å². The molecule has 2 N–H and O–H groups in total. The molecule has 0 aliphatic rings. The highest BCUT2D eigenvalue weighted by Crippen LogP contribution is 2.32. The van der Waals surface area contributed by atoms with Crippen LogP contribution in [0.5, 0.6) is 11.5 Å². The molecule has 0 bridgehead atoms. The van der Waals surface area contributed by atoms with Crippen molar-refractivity contribution in [2.75, 3.05) is 20.0 Å². The quantitative estimate of drug-likeness (QED) is 0.317. The van der Waals surface area contributed by atoms with Gasteiger partial charge in [0.15, 0.2) is 11.6 Å². The topological polar surface area (TPSA) is 124 Å². The van der Waals surface area contributed by atoms with Gasteiger partial charge in [-0.2, -0.15) is 10.1 Å². The zero-order valence-electron chi connectivity index (χ0n) is 17.5. The monoisotopic (exact) mass is 439 g/mol. The van der Waals surface area contributed by atoms with Gasteiger partial charge < -0.3 is 9.47 Å². The maximum atomic E-state index is 12.8. The molecule has 0 atom stereocenters. The molecule has 3 heterocycles. The molecule has 0 saturated heterocycles. The smallest absolute Gasteiger partial charge is 0.229 e. The summed E-state index contributed by atoms with van der Waals surface area (Å²) in [7, 11) is 3.18. The highest BCUT2D eigenvalue weighted by molar-refractivity contribution is 7.99. The number of aromatic amines is 2. The molecule has 4 aromatic rings. The molecule has 0 aliphatic heterocycles. The van der Waals surface area contributed by atoms with Crippen molar-refractivity contribution >= 4 is 17.5 Å². The number of methoxy groups -OCH3 is 2. The fourth-order valence-electron chi connectivity index (χ4n) is 3.31. The van der Waals surface area contributed by atoms with Crippen molar-refractivity contribution < 1.29 is 14.3 Å². The highest BCUT2D eigenvalue weighted by atomic mass is 32.2. The van der Waals surface area contributed by atoms with Crippen LogP contribution in [0, 0.1) is 13.8 Å². The van der Waals surface area contributed by atoms with E-state index >= 15 is 0 Å². The van der Waals surface area contributed by atoms with E-state index in [0.717, 1.165) is 17.0 Å². The lowest BCUT2D eigenvalue weighted by Crippen LogP contribution is -2.06. The molecule has 0 saturated carbocycles. The summed E-state index contributed by atoms with van der Waals surface area (Å²) in [4.78, 5) is 21.5. The third-order valence-electron chi connectivity index (χ3n) is 4.81. The lowest BCUT2D eigenvalue weighted by Gasteiger charge is -2.07. The van der Waals surface area contributed by atoms with Gasteiger partial charge in [-0.1, -0.05) is 11.8 Å². The molecular weight excluding hydrogens is 418 g/mol. The zero-order valence-corrected chi connectivity index (χ0v) is 18.3. The van der Waals surface area contributed by atoms with E-state index in [0.29, 0.717) is 34.0 Å². The zero-order chi connectivity index (χ0) is 22.0. The van der Waals surface area contributed by atoms with E-state index in [1.807, 2.05) is 36.6 Å². The lowest BCUT2D eigenvalue weighted by molar-refractivity contribution is 0.102. The number of benzene rings is 1. The van der Waals surface area contributed by atoms with E-state index in [4.69, 9.17) is 9.47 Å². The molecule has 160 valence electrons. The number of Topliss-reactive ketones (excluding diaryl/α,β-unsaturated/α-hetero) is 1. The van der Waals surface area contributed by atoms with Gasteiger partial charge in [0.25, 0.3) is 0 Å². The number of H-pyrrole nitrogens is 2. The van der Waals surface area contributed by atoms with E-state index < -0.39 is 0 Å². The molecule has 3 aromatic heterocycles. The molecule has 0 fully saturated rings. The number of aromatic nitrogens is 7. The number of rotatable bonds is 8. The number of nitrogens with one attached hydrogen (secondary N) is 2. The second-order valence-electron chi connectivity index (χ2n) is 6.67. The predicted molar refractivity (Wildman–Crippen MR) is 115 cm³/mol. The molecule has 0 amide bonds. The second-order valence-corrected chi connectivity index (χ2v) is 7.62. The van der Waals surface area contributed by atoms with Gasteiger partial charge in [-0.25, -0.2) is 10.1 Å². The van der Waals surface area contributed by atoms with Crippen LogP contribution in [-0.2, 0) is 0 Å². The van der Waals surface area contributed by atoms with E-state index in [1.165, 1.54) is 18.1 Å². The summed E-state index contributed by atoms with van der Waals surface area (Å²) in [5.41, 5.74) is 3.09. The summed E-state index contributed by atoms with van der Waals surface area (Å²) in [5.74, 6) is 2.62. The number of aryl methyl sites for hydroxylation is 1. The van der Waals surface area contributed by atoms with Crippen molar-refractivity contribution in [3.8, 4) is 28.8 Å². The van der Waals surface area contributed by atoms with E-state index in [9.17, 15) is 4.79 Å². The number of nitrogens with zero attached hydrogens (tertiary/aromatic N) is 5. The van der Waals surface area contributed by atoms with Crippen LogP contribution in [0.15, 0.2) is 35.7 Å². The van der Waals surface area contributed by atoms with E-state index in [-0.39, 0.29) is 11.5 Å². The highest BCUT2D eigenvalue weighted by Gasteiger charge is 2.19. The number of ketones is 1. The standard InChI is InChI=1S/C20H21N7O3S/c1-11-7-15(12(2)27(11)19-21-10-22-25-19)16(28)9-31-20-23-18(24-26-20)14-6-5-13(29-3)8-17(14)30-4/h5-8,10H,9H2,1-4H3,(H,21,22,25)(H,23,24,26). The van der Waals surface area contributed by atoms with Crippen molar-refractivity contribution in [1.82, 2.24) is 34.9 Å². The summed E-state index contributed by atoms with van der Waals surface area (Å²) >= 11 is 1.27. The van der Waals surface area contributed by atoms with Crippen LogP contribution in [-0.4, -0.2) is 60.7 Å². The van der Waals surface area contributed by atoms with Crippen LogP contribution in [0.2, 0.25) is 0 Å². The molecule has 4 rings (SSSR count). The second kappa shape index (κ2) is 8.64. The minimum Gasteiger partial charge on any atom is -0.497 e. The van der Waals surface area contributed by atoms with Crippen LogP contribution in [0.25, 0.3) is 17.3 Å². The first-order valence-corrected chi connectivity index (χ1v) is 10.4. The molecule has 0 unspecified atom stereocenters. The van der Waals surface area contributed by atoms with Crippen molar-refractivity contribution in [3.05, 3.63) is 47.5 Å². The molecule has 31 heavy (non-hydrogen) atoms. The first-order valence-electron chi connectivity index (χ1n) is 9.37. The van der Waals surface area contributed by atoms with Crippen LogP contribution in [0.3, 0.4) is 0 Å². The van der Waals surface area contributed by atoms with Crippen LogP contribution < -0.4 is 9.47 Å². The molecular formula is C20H21N7O3S. The van der Waals surface area contributed by atoms with Crippen molar-refractivity contribution in [2.24, 2.45) is 0 Å². The predicted octanol–water partition coefficient (Wildman–Crippen LogP) is 2.99. The molecule has 10 nitrogen and oxygen atoms in total. The van der Waals surface area contributed by atoms with Gasteiger partial charge in [0.05, 0.1) is 25.5 Å². The van der Waals surface area contributed by atoms with Gasteiger partial charge in [0.2, 0.25) is 11.1 Å². The Morgan fingerprint density at radius 1 is 1.16 bits per heavy atom. The number of thioether (sulfide) groups is 1. The normalized spacial score (nSPS) is 11.0. The Balaban J connectivity index is 1.49. The summed E-state index contributed by atoms with van der Waals surface area (Å²) in [6.07, 6.45) is 1.43. The Morgan fingerprint density at radius 3 is 2.71 bits per heavy atom. The average Bonchev–Trinajstić information content (AvgIpc) is 3.52. The number of ether oxygens (including phenoxy) is 2. The van der Waals surface area contributed by atoms with Crippen molar-refractivity contribution in [1.29, 1.82) is 0 Å². The average molecular weight is 440 g/mol. The van der Waals surface area contributed by atoms with Crippen LogP contribution in [0.4, 0.5) is 0 Å². The number of hydrogen-bond donors (Lipinski definition) is 2. The minimum absolute atomic E-state index is 0.0164. The Morgan fingerprint density at radius 2 is 2.00 bits per heavy atom. The molecule has 1 aromatic carbocycles.